The monoisotopic (exact) mass is 275 g/mol. The molecule has 2 rings (SSSR count). The fourth-order valence-corrected chi connectivity index (χ4v) is 3.71. The predicted octanol–water partition coefficient (Wildman–Crippen LogP) is 4.23. The highest BCUT2D eigenvalue weighted by atomic mass is 35.5. The summed E-state index contributed by atoms with van der Waals surface area (Å²) in [6.45, 7) is 0. The number of nitrogens with one attached hydrogen (secondary N) is 1. The number of benzene rings is 1. The number of thioether (sulfide) groups is 1. The van der Waals surface area contributed by atoms with Gasteiger partial charge < -0.3 is 5.32 Å². The molecule has 1 N–H and O–H groups in total. The Morgan fingerprint density at radius 2 is 2.06 bits per heavy atom. The molecule has 1 aliphatic rings. The molecule has 4 heteroatoms. The van der Waals surface area contributed by atoms with Gasteiger partial charge in [0.05, 0.1) is 10.0 Å². The van der Waals surface area contributed by atoms with Crippen LogP contribution in [0.5, 0.6) is 0 Å². The van der Waals surface area contributed by atoms with Crippen LogP contribution in [-0.4, -0.2) is 18.3 Å². The molecule has 0 saturated heterocycles. The van der Waals surface area contributed by atoms with E-state index in [0.717, 1.165) is 0 Å². The maximum Gasteiger partial charge on any atom is 0.0603 e. The van der Waals surface area contributed by atoms with E-state index in [-0.39, 0.29) is 0 Å². The first-order chi connectivity index (χ1) is 7.69. The Bertz CT molecular complexity index is 370. The molecule has 1 nitrogen and oxygen atoms in total. The van der Waals surface area contributed by atoms with Crippen molar-refractivity contribution in [3.63, 3.8) is 0 Å². The van der Waals surface area contributed by atoms with E-state index in [1.54, 1.807) is 0 Å². The summed E-state index contributed by atoms with van der Waals surface area (Å²) >= 11 is 13.8. The van der Waals surface area contributed by atoms with Crippen molar-refractivity contribution in [3.05, 3.63) is 28.2 Å². The molecule has 1 saturated carbocycles. The Labute approximate surface area is 111 Å². The molecule has 1 fully saturated rings. The van der Waals surface area contributed by atoms with Crippen LogP contribution in [0.2, 0.25) is 10.0 Å². The Morgan fingerprint density at radius 1 is 1.25 bits per heavy atom. The highest BCUT2D eigenvalue weighted by molar-refractivity contribution is 8.00. The summed E-state index contributed by atoms with van der Waals surface area (Å²) in [5.41, 5.74) is 0. The summed E-state index contributed by atoms with van der Waals surface area (Å²) in [6, 6.07) is 6.56. The minimum Gasteiger partial charge on any atom is -0.317 e. The van der Waals surface area contributed by atoms with Crippen LogP contribution in [0.25, 0.3) is 0 Å². The molecule has 0 heterocycles. The zero-order valence-corrected chi connectivity index (χ0v) is 11.5. The topological polar surface area (TPSA) is 12.0 Å². The molecule has 0 spiro atoms. The second kappa shape index (κ2) is 5.63. The lowest BCUT2D eigenvalue weighted by Gasteiger charge is -2.11. The number of halogens is 2. The van der Waals surface area contributed by atoms with Crippen LogP contribution < -0.4 is 5.32 Å². The lowest BCUT2D eigenvalue weighted by molar-refractivity contribution is 0.583. The van der Waals surface area contributed by atoms with Crippen molar-refractivity contribution < 1.29 is 0 Å². The van der Waals surface area contributed by atoms with Crippen molar-refractivity contribution in [3.8, 4) is 0 Å². The first-order valence-corrected chi connectivity index (χ1v) is 7.11. The van der Waals surface area contributed by atoms with Crippen LogP contribution in [0.15, 0.2) is 23.1 Å². The first kappa shape index (κ1) is 12.6. The van der Waals surface area contributed by atoms with Crippen molar-refractivity contribution in [1.82, 2.24) is 5.32 Å². The highest BCUT2D eigenvalue weighted by Gasteiger charge is 2.24. The third-order valence-corrected chi connectivity index (χ3v) is 5.01. The molecule has 2 atom stereocenters. The van der Waals surface area contributed by atoms with Crippen molar-refractivity contribution in [2.45, 2.75) is 35.4 Å². The van der Waals surface area contributed by atoms with Crippen molar-refractivity contribution in [2.24, 2.45) is 0 Å². The van der Waals surface area contributed by atoms with Gasteiger partial charge in [-0.2, -0.15) is 0 Å². The number of rotatable bonds is 3. The van der Waals surface area contributed by atoms with E-state index in [9.17, 15) is 0 Å². The summed E-state index contributed by atoms with van der Waals surface area (Å²) in [6.07, 6.45) is 3.79. The lowest BCUT2D eigenvalue weighted by Crippen LogP contribution is -2.21. The van der Waals surface area contributed by atoms with E-state index in [0.29, 0.717) is 21.3 Å². The van der Waals surface area contributed by atoms with Crippen molar-refractivity contribution in [1.29, 1.82) is 0 Å². The van der Waals surface area contributed by atoms with Gasteiger partial charge in [0, 0.05) is 16.2 Å². The van der Waals surface area contributed by atoms with Crippen LogP contribution in [0, 0.1) is 0 Å². The molecule has 0 bridgehead atoms. The van der Waals surface area contributed by atoms with Crippen LogP contribution in [0.1, 0.15) is 19.3 Å². The Hall–Kier alpha value is 0.110. The summed E-state index contributed by atoms with van der Waals surface area (Å²) in [5, 5.41) is 5.32. The lowest BCUT2D eigenvalue weighted by atomic mass is 10.3. The normalized spacial score (nSPS) is 24.9. The molecule has 2 unspecified atom stereocenters. The van der Waals surface area contributed by atoms with Crippen LogP contribution in [0.3, 0.4) is 0 Å². The molecule has 0 aromatic heterocycles. The number of hydrogen-bond donors (Lipinski definition) is 1. The summed E-state index contributed by atoms with van der Waals surface area (Å²) < 4.78 is 0. The summed E-state index contributed by atoms with van der Waals surface area (Å²) in [4.78, 5) is 1.22. The van der Waals surface area contributed by atoms with Gasteiger partial charge in [0.25, 0.3) is 0 Å². The van der Waals surface area contributed by atoms with Gasteiger partial charge in [-0.05, 0) is 44.5 Å². The van der Waals surface area contributed by atoms with Gasteiger partial charge in [0.2, 0.25) is 0 Å². The second-order valence-corrected chi connectivity index (χ2v) is 6.30. The van der Waals surface area contributed by atoms with E-state index >= 15 is 0 Å². The largest absolute Gasteiger partial charge is 0.317 e. The molecule has 1 aliphatic carbocycles. The van der Waals surface area contributed by atoms with E-state index in [1.807, 2.05) is 37.0 Å². The van der Waals surface area contributed by atoms with Gasteiger partial charge in [-0.1, -0.05) is 23.2 Å². The molecule has 0 amide bonds. The molecular formula is C12H15Cl2NS. The zero-order chi connectivity index (χ0) is 11.5. The molecule has 88 valence electrons. The standard InChI is InChI=1S/C12H15Cl2NS/c1-15-8-2-3-9(6-8)16-10-4-5-11(13)12(14)7-10/h4-5,7-9,15H,2-3,6H2,1H3. The van der Waals surface area contributed by atoms with Gasteiger partial charge in [-0.15, -0.1) is 11.8 Å². The maximum absolute atomic E-state index is 6.00. The molecule has 0 aliphatic heterocycles. The SMILES string of the molecule is CNC1CCC(Sc2ccc(Cl)c(Cl)c2)C1. The van der Waals surface area contributed by atoms with Crippen LogP contribution in [0.4, 0.5) is 0 Å². The quantitative estimate of drug-likeness (QED) is 0.886. The van der Waals surface area contributed by atoms with Crippen LogP contribution in [-0.2, 0) is 0 Å². The third-order valence-electron chi connectivity index (χ3n) is 2.99. The fraction of sp³-hybridized carbons (Fsp3) is 0.500. The van der Waals surface area contributed by atoms with Gasteiger partial charge in [0.1, 0.15) is 0 Å². The minimum absolute atomic E-state index is 0.630. The minimum atomic E-state index is 0.630. The van der Waals surface area contributed by atoms with E-state index in [2.05, 4.69) is 5.32 Å². The summed E-state index contributed by atoms with van der Waals surface area (Å²) in [5.74, 6) is 0. The smallest absolute Gasteiger partial charge is 0.0603 e. The van der Waals surface area contributed by atoms with Gasteiger partial charge in [-0.25, -0.2) is 0 Å². The first-order valence-electron chi connectivity index (χ1n) is 5.48. The predicted molar refractivity (Wildman–Crippen MR) is 72.8 cm³/mol. The molecule has 16 heavy (non-hydrogen) atoms. The van der Waals surface area contributed by atoms with Crippen molar-refractivity contribution >= 4 is 35.0 Å². The highest BCUT2D eigenvalue weighted by Crippen LogP contribution is 2.36. The molecule has 1 aromatic carbocycles. The van der Waals surface area contributed by atoms with Gasteiger partial charge >= 0.3 is 0 Å². The summed E-state index contributed by atoms with van der Waals surface area (Å²) in [7, 11) is 2.04. The van der Waals surface area contributed by atoms with Gasteiger partial charge in [-0.3, -0.25) is 0 Å². The second-order valence-electron chi connectivity index (χ2n) is 4.11. The zero-order valence-electron chi connectivity index (χ0n) is 9.17. The van der Waals surface area contributed by atoms with E-state index in [1.165, 1.54) is 24.2 Å². The Balaban J connectivity index is 1.97. The van der Waals surface area contributed by atoms with Gasteiger partial charge in [0.15, 0.2) is 0 Å². The Morgan fingerprint density at radius 3 is 2.69 bits per heavy atom. The molecule has 1 aromatic rings. The van der Waals surface area contributed by atoms with Crippen LogP contribution >= 0.6 is 35.0 Å². The van der Waals surface area contributed by atoms with Crippen molar-refractivity contribution in [2.75, 3.05) is 7.05 Å². The number of hydrogen-bond acceptors (Lipinski definition) is 2. The average Bonchev–Trinajstić information content (AvgIpc) is 2.71. The van der Waals surface area contributed by atoms with E-state index < -0.39 is 0 Å². The molecule has 0 radical (unpaired) electrons. The average molecular weight is 276 g/mol. The maximum atomic E-state index is 6.00. The Kier molecular flexibility index (Phi) is 4.42. The van der Waals surface area contributed by atoms with E-state index in [4.69, 9.17) is 23.2 Å². The fourth-order valence-electron chi connectivity index (χ4n) is 2.05. The third kappa shape index (κ3) is 3.07. The molecular weight excluding hydrogens is 261 g/mol.